The lowest BCUT2D eigenvalue weighted by Crippen LogP contribution is -2.42. The summed E-state index contributed by atoms with van der Waals surface area (Å²) in [5.41, 5.74) is 0. The van der Waals surface area contributed by atoms with E-state index in [0.717, 1.165) is 26.8 Å². The molecule has 3 atom stereocenters. The van der Waals surface area contributed by atoms with Gasteiger partial charge in [-0.3, -0.25) is 5.84 Å². The molecule has 1 heterocycles. The molecule has 1 fully saturated rings. The largest absolute Gasteiger partial charge is 0.417 e. The van der Waals surface area contributed by atoms with Crippen LogP contribution in [0.15, 0.2) is 0 Å². The number of hydrazine groups is 1. The molecule has 7 heteroatoms. The van der Waals surface area contributed by atoms with E-state index in [-0.39, 0.29) is 17.2 Å². The number of hydrogen-bond donors (Lipinski definition) is 2. The van der Waals surface area contributed by atoms with E-state index in [4.69, 9.17) is 19.7 Å². The highest BCUT2D eigenvalue weighted by Crippen LogP contribution is 2.38. The van der Waals surface area contributed by atoms with Gasteiger partial charge in [0.1, 0.15) is 0 Å². The van der Waals surface area contributed by atoms with Crippen molar-refractivity contribution in [3.8, 4) is 0 Å². The number of nitrogens with one attached hydrogen (secondary N) is 1. The molecular formula is C16H37BN2O3Si. The van der Waals surface area contributed by atoms with Gasteiger partial charge in [0, 0.05) is 6.61 Å². The Bertz CT molecular complexity index is 375. The van der Waals surface area contributed by atoms with Gasteiger partial charge in [0.25, 0.3) is 0 Å². The zero-order chi connectivity index (χ0) is 17.9. The molecule has 1 saturated heterocycles. The van der Waals surface area contributed by atoms with E-state index in [0.29, 0.717) is 5.92 Å². The summed E-state index contributed by atoms with van der Waals surface area (Å²) in [6.07, 6.45) is 2.14. The standard InChI is InChI=1S/C16H37BN2O3Si/c1-12-14(22-16(5,6)21-12)13(11-17-19-18)9-10-20-23(7,8)15(2,3)4/h12-14,17,19H,9-11,18H2,1-8H3/t12?,13-,14-/m1/s1. The predicted octanol–water partition coefficient (Wildman–Crippen LogP) is 2.79. The van der Waals surface area contributed by atoms with E-state index < -0.39 is 14.1 Å². The van der Waals surface area contributed by atoms with Gasteiger partial charge in [0.05, 0.1) is 12.2 Å². The lowest BCUT2D eigenvalue weighted by Gasteiger charge is -2.37. The summed E-state index contributed by atoms with van der Waals surface area (Å²) in [7, 11) is -0.925. The summed E-state index contributed by atoms with van der Waals surface area (Å²) >= 11 is 0. The maximum absolute atomic E-state index is 6.34. The van der Waals surface area contributed by atoms with Gasteiger partial charge in [-0.05, 0) is 51.2 Å². The van der Waals surface area contributed by atoms with Crippen molar-refractivity contribution in [3.05, 3.63) is 0 Å². The van der Waals surface area contributed by atoms with Crippen LogP contribution in [-0.4, -0.2) is 40.3 Å². The van der Waals surface area contributed by atoms with Crippen LogP contribution in [-0.2, 0) is 13.9 Å². The third kappa shape index (κ3) is 6.14. The molecule has 1 rings (SSSR count). The van der Waals surface area contributed by atoms with E-state index in [9.17, 15) is 0 Å². The smallest absolute Gasteiger partial charge is 0.219 e. The molecule has 5 nitrogen and oxygen atoms in total. The molecule has 3 N–H and O–H groups in total. The monoisotopic (exact) mass is 344 g/mol. The van der Waals surface area contributed by atoms with E-state index in [2.05, 4.69) is 46.1 Å². The summed E-state index contributed by atoms with van der Waals surface area (Å²) in [5, 5.41) is 3.00. The average molecular weight is 344 g/mol. The number of nitrogens with two attached hydrogens (primary N) is 1. The second-order valence-corrected chi connectivity index (χ2v) is 13.5. The predicted molar refractivity (Wildman–Crippen MR) is 100 cm³/mol. The van der Waals surface area contributed by atoms with Crippen LogP contribution in [0.25, 0.3) is 0 Å². The Labute approximate surface area is 144 Å². The molecule has 0 saturated carbocycles. The van der Waals surface area contributed by atoms with Gasteiger partial charge < -0.3 is 19.2 Å². The SMILES string of the molecule is CC1OC(C)(C)O[C@H]1[C@@H](CBNN)CCO[Si](C)(C)C(C)(C)C. The Morgan fingerprint density at radius 2 is 1.91 bits per heavy atom. The van der Waals surface area contributed by atoms with Crippen LogP contribution in [0.5, 0.6) is 0 Å². The van der Waals surface area contributed by atoms with Gasteiger partial charge in [-0.25, -0.2) is 0 Å². The van der Waals surface area contributed by atoms with Crippen molar-refractivity contribution in [3.63, 3.8) is 0 Å². The van der Waals surface area contributed by atoms with Crippen molar-refractivity contribution < 1.29 is 13.9 Å². The minimum atomic E-state index is -1.70. The summed E-state index contributed by atoms with van der Waals surface area (Å²) in [5.74, 6) is 5.35. The van der Waals surface area contributed by atoms with Gasteiger partial charge >= 0.3 is 0 Å². The molecule has 0 aromatic heterocycles. The Morgan fingerprint density at radius 3 is 2.35 bits per heavy atom. The van der Waals surface area contributed by atoms with Crippen LogP contribution in [0, 0.1) is 5.92 Å². The van der Waals surface area contributed by atoms with Gasteiger partial charge in [-0.15, -0.1) is 0 Å². The third-order valence-electron chi connectivity index (χ3n) is 5.23. The molecule has 0 bridgehead atoms. The van der Waals surface area contributed by atoms with Gasteiger partial charge in [0.2, 0.25) is 7.41 Å². The first-order chi connectivity index (χ1) is 10.4. The zero-order valence-corrected chi connectivity index (χ0v) is 17.4. The molecule has 0 aromatic rings. The van der Waals surface area contributed by atoms with Crippen molar-refractivity contribution in [2.24, 2.45) is 11.8 Å². The van der Waals surface area contributed by atoms with Crippen molar-refractivity contribution in [2.45, 2.75) is 90.4 Å². The van der Waals surface area contributed by atoms with Crippen molar-refractivity contribution in [1.29, 1.82) is 0 Å². The normalized spacial score (nSPS) is 26.3. The average Bonchev–Trinajstić information content (AvgIpc) is 2.65. The van der Waals surface area contributed by atoms with Gasteiger partial charge in [0.15, 0.2) is 14.1 Å². The third-order valence-corrected chi connectivity index (χ3v) is 9.77. The molecule has 23 heavy (non-hydrogen) atoms. The minimum Gasteiger partial charge on any atom is -0.417 e. The second kappa shape index (κ2) is 7.97. The van der Waals surface area contributed by atoms with E-state index >= 15 is 0 Å². The maximum Gasteiger partial charge on any atom is 0.219 e. The molecule has 1 aliphatic heterocycles. The Balaban J connectivity index is 2.62. The van der Waals surface area contributed by atoms with Crippen LogP contribution >= 0.6 is 0 Å². The Kier molecular flexibility index (Phi) is 7.32. The summed E-state index contributed by atoms with van der Waals surface area (Å²) in [6.45, 7) is 18.2. The highest BCUT2D eigenvalue weighted by molar-refractivity contribution is 6.74. The number of ether oxygens (including phenoxy) is 2. The fourth-order valence-corrected chi connectivity index (χ4v) is 3.93. The molecule has 0 aromatic carbocycles. The van der Waals surface area contributed by atoms with Crippen molar-refractivity contribution >= 4 is 15.7 Å². The van der Waals surface area contributed by atoms with E-state index in [1.807, 2.05) is 13.8 Å². The fourth-order valence-electron chi connectivity index (χ4n) is 2.87. The summed E-state index contributed by atoms with van der Waals surface area (Å²) in [4.78, 5) is 0. The van der Waals surface area contributed by atoms with E-state index in [1.54, 1.807) is 0 Å². The quantitative estimate of drug-likeness (QED) is 0.403. The second-order valence-electron chi connectivity index (χ2n) is 8.71. The first-order valence-electron chi connectivity index (χ1n) is 8.83. The van der Waals surface area contributed by atoms with Gasteiger partial charge in [-0.1, -0.05) is 27.1 Å². The minimum absolute atomic E-state index is 0.0978. The first-order valence-corrected chi connectivity index (χ1v) is 11.7. The highest BCUT2D eigenvalue weighted by Gasteiger charge is 2.43. The summed E-state index contributed by atoms with van der Waals surface area (Å²) in [6, 6.07) is 0. The first kappa shape index (κ1) is 21.1. The molecule has 1 unspecified atom stereocenters. The van der Waals surface area contributed by atoms with Gasteiger partial charge in [-0.2, -0.15) is 0 Å². The molecule has 0 aliphatic carbocycles. The van der Waals surface area contributed by atoms with Crippen LogP contribution in [0.1, 0.15) is 48.0 Å². The molecule has 1 aliphatic rings. The molecule has 0 radical (unpaired) electrons. The fraction of sp³-hybridized carbons (Fsp3) is 1.00. The summed E-state index contributed by atoms with van der Waals surface area (Å²) < 4.78 is 18.4. The number of rotatable bonds is 8. The maximum atomic E-state index is 6.34. The highest BCUT2D eigenvalue weighted by atomic mass is 28.4. The van der Waals surface area contributed by atoms with Crippen molar-refractivity contribution in [1.82, 2.24) is 5.34 Å². The molecule has 0 amide bonds. The van der Waals surface area contributed by atoms with E-state index in [1.165, 1.54) is 0 Å². The molecular weight excluding hydrogens is 307 g/mol. The Hall–Kier alpha value is 0.0818. The van der Waals surface area contributed by atoms with Crippen LogP contribution in [0.3, 0.4) is 0 Å². The lowest BCUT2D eigenvalue weighted by atomic mass is 9.76. The van der Waals surface area contributed by atoms with Crippen LogP contribution < -0.4 is 11.2 Å². The molecule has 136 valence electrons. The van der Waals surface area contributed by atoms with Crippen LogP contribution in [0.4, 0.5) is 0 Å². The number of hydrogen-bond acceptors (Lipinski definition) is 5. The zero-order valence-electron chi connectivity index (χ0n) is 16.4. The Morgan fingerprint density at radius 1 is 1.30 bits per heavy atom. The topological polar surface area (TPSA) is 65.7 Å². The van der Waals surface area contributed by atoms with Crippen molar-refractivity contribution in [2.75, 3.05) is 6.61 Å². The molecule has 0 spiro atoms. The van der Waals surface area contributed by atoms with Crippen LogP contribution in [0.2, 0.25) is 24.5 Å². The lowest BCUT2D eigenvalue weighted by molar-refractivity contribution is -0.149.